The highest BCUT2D eigenvalue weighted by Crippen LogP contribution is 2.44. The maximum Gasteiger partial charge on any atom is 0.203 e. The van der Waals surface area contributed by atoms with Gasteiger partial charge in [-0.05, 0) is 17.7 Å². The molecule has 0 aliphatic carbocycles. The molecular formula is C20H20O11. The molecule has 31 heavy (non-hydrogen) atoms. The number of hydrogen-bond donors (Lipinski definition) is 7. The second-order valence-corrected chi connectivity index (χ2v) is 7.30. The summed E-state index contributed by atoms with van der Waals surface area (Å²) in [7, 11) is 0. The second-order valence-electron chi connectivity index (χ2n) is 7.30. The Morgan fingerprint density at radius 2 is 1.65 bits per heavy atom. The van der Waals surface area contributed by atoms with E-state index in [1.807, 2.05) is 0 Å². The standard InChI is InChI=1S/C20H20O11/c21-8-4-11(24)14-13(5-8)30-18(7-1-2-9(22)10(23)3-7)19(16(14)27)31-20-17(28)15(26)12(25)6-29-20/h1-5,12,15,17-26,28H,6H2/t12-,15-,17+,18+,19+,20-/m1/s1. The minimum absolute atomic E-state index is 0.152. The minimum atomic E-state index is -1.69. The van der Waals surface area contributed by atoms with Gasteiger partial charge in [-0.1, -0.05) is 6.07 Å². The van der Waals surface area contributed by atoms with Gasteiger partial charge in [0.05, 0.1) is 6.61 Å². The normalized spacial score (nSPS) is 30.5. The summed E-state index contributed by atoms with van der Waals surface area (Å²) in [4.78, 5) is 13.2. The van der Waals surface area contributed by atoms with Crippen molar-refractivity contribution in [1.82, 2.24) is 0 Å². The molecule has 11 nitrogen and oxygen atoms in total. The number of fused-ring (bicyclic) bond motifs is 1. The highest BCUT2D eigenvalue weighted by molar-refractivity contribution is 6.05. The van der Waals surface area contributed by atoms with E-state index in [9.17, 15) is 40.5 Å². The van der Waals surface area contributed by atoms with Crippen molar-refractivity contribution in [3.8, 4) is 28.7 Å². The first-order chi connectivity index (χ1) is 14.7. The van der Waals surface area contributed by atoms with Gasteiger partial charge in [0.25, 0.3) is 0 Å². The largest absolute Gasteiger partial charge is 0.508 e. The van der Waals surface area contributed by atoms with E-state index in [1.54, 1.807) is 0 Å². The Morgan fingerprint density at radius 1 is 0.903 bits per heavy atom. The molecular weight excluding hydrogens is 416 g/mol. The van der Waals surface area contributed by atoms with Gasteiger partial charge in [0.15, 0.2) is 30.0 Å². The molecule has 4 rings (SSSR count). The number of aromatic hydroxyl groups is 4. The van der Waals surface area contributed by atoms with Crippen LogP contribution in [0.1, 0.15) is 22.0 Å². The van der Waals surface area contributed by atoms with Crippen molar-refractivity contribution in [1.29, 1.82) is 0 Å². The molecule has 0 spiro atoms. The van der Waals surface area contributed by atoms with Crippen LogP contribution in [0.15, 0.2) is 30.3 Å². The average Bonchev–Trinajstić information content (AvgIpc) is 2.71. The number of Topliss-reactive ketones (excluding diaryl/α,β-unsaturated/α-hetero) is 1. The molecule has 0 amide bonds. The molecule has 1 fully saturated rings. The first kappa shape index (κ1) is 21.2. The van der Waals surface area contributed by atoms with E-state index in [2.05, 4.69) is 0 Å². The molecule has 166 valence electrons. The number of phenolic OH excluding ortho intramolecular Hbond substituents is 4. The zero-order valence-electron chi connectivity index (χ0n) is 15.8. The van der Waals surface area contributed by atoms with Crippen LogP contribution in [-0.4, -0.2) is 78.8 Å². The number of aliphatic hydroxyl groups excluding tert-OH is 3. The van der Waals surface area contributed by atoms with E-state index in [4.69, 9.17) is 14.2 Å². The number of carbonyl (C=O) groups is 1. The number of rotatable bonds is 3. The van der Waals surface area contributed by atoms with Crippen LogP contribution in [0, 0.1) is 0 Å². The quantitative estimate of drug-likeness (QED) is 0.312. The van der Waals surface area contributed by atoms with Crippen molar-refractivity contribution < 1.29 is 54.8 Å². The van der Waals surface area contributed by atoms with Crippen molar-refractivity contribution >= 4 is 5.78 Å². The Labute approximate surface area is 174 Å². The fraction of sp³-hybridized carbons (Fsp3) is 0.350. The van der Waals surface area contributed by atoms with Crippen LogP contribution in [0.25, 0.3) is 0 Å². The topological polar surface area (TPSA) is 186 Å². The fourth-order valence-corrected chi connectivity index (χ4v) is 3.54. The molecule has 0 radical (unpaired) electrons. The predicted octanol–water partition coefficient (Wildman–Crippen LogP) is -0.350. The molecule has 1 saturated heterocycles. The van der Waals surface area contributed by atoms with Gasteiger partial charge in [-0.2, -0.15) is 0 Å². The molecule has 0 saturated carbocycles. The number of hydrogen-bond acceptors (Lipinski definition) is 11. The van der Waals surface area contributed by atoms with Crippen LogP contribution in [0.3, 0.4) is 0 Å². The maximum absolute atomic E-state index is 13.2. The number of aliphatic hydroxyl groups is 3. The monoisotopic (exact) mass is 436 g/mol. The van der Waals surface area contributed by atoms with Crippen LogP contribution in [0.5, 0.6) is 28.7 Å². The van der Waals surface area contributed by atoms with Crippen LogP contribution in [0.2, 0.25) is 0 Å². The molecule has 2 aromatic carbocycles. The highest BCUT2D eigenvalue weighted by Gasteiger charge is 2.46. The zero-order valence-corrected chi connectivity index (χ0v) is 15.8. The molecule has 7 N–H and O–H groups in total. The Hall–Kier alpha value is -3.09. The van der Waals surface area contributed by atoms with Crippen LogP contribution in [0.4, 0.5) is 0 Å². The fourth-order valence-electron chi connectivity index (χ4n) is 3.54. The molecule has 2 aliphatic rings. The smallest absolute Gasteiger partial charge is 0.203 e. The highest BCUT2D eigenvalue weighted by atomic mass is 16.7. The predicted molar refractivity (Wildman–Crippen MR) is 99.9 cm³/mol. The third-order valence-corrected chi connectivity index (χ3v) is 5.16. The maximum atomic E-state index is 13.2. The second kappa shape index (κ2) is 7.87. The first-order valence-corrected chi connectivity index (χ1v) is 9.27. The first-order valence-electron chi connectivity index (χ1n) is 9.27. The molecule has 2 aliphatic heterocycles. The van der Waals surface area contributed by atoms with E-state index in [0.717, 1.165) is 24.3 Å². The van der Waals surface area contributed by atoms with E-state index in [0.29, 0.717) is 0 Å². The van der Waals surface area contributed by atoms with E-state index >= 15 is 0 Å². The summed E-state index contributed by atoms with van der Waals surface area (Å²) in [5.74, 6) is -2.78. The Kier molecular flexibility index (Phi) is 5.37. The lowest BCUT2D eigenvalue weighted by Crippen LogP contribution is -2.56. The molecule has 2 heterocycles. The SMILES string of the molecule is O=C1c2c(O)cc(O)cc2O[C@@H](c2ccc(O)c(O)c2)[C@H]1O[C@H]1OC[C@@H](O)[C@@H](O)[C@@H]1O. The Morgan fingerprint density at radius 3 is 2.35 bits per heavy atom. The number of phenols is 4. The summed E-state index contributed by atoms with van der Waals surface area (Å²) >= 11 is 0. The van der Waals surface area contributed by atoms with Gasteiger partial charge in [0.2, 0.25) is 5.78 Å². The summed E-state index contributed by atoms with van der Waals surface area (Å²) in [6, 6.07) is 5.71. The summed E-state index contributed by atoms with van der Waals surface area (Å²) in [5.41, 5.74) is -0.0963. The lowest BCUT2D eigenvalue weighted by Gasteiger charge is -2.39. The third kappa shape index (κ3) is 3.73. The van der Waals surface area contributed by atoms with Gasteiger partial charge in [-0.25, -0.2) is 0 Å². The van der Waals surface area contributed by atoms with Crippen LogP contribution >= 0.6 is 0 Å². The van der Waals surface area contributed by atoms with Crippen molar-refractivity contribution in [2.24, 2.45) is 0 Å². The van der Waals surface area contributed by atoms with Crippen molar-refractivity contribution in [3.05, 3.63) is 41.5 Å². The molecule has 0 bridgehead atoms. The lowest BCUT2D eigenvalue weighted by molar-refractivity contribution is -0.283. The van der Waals surface area contributed by atoms with Gasteiger partial charge in [-0.15, -0.1) is 0 Å². The van der Waals surface area contributed by atoms with Crippen molar-refractivity contribution in [3.63, 3.8) is 0 Å². The zero-order chi connectivity index (χ0) is 22.4. The molecule has 0 aromatic heterocycles. The van der Waals surface area contributed by atoms with E-state index in [-0.39, 0.29) is 29.2 Å². The lowest BCUT2D eigenvalue weighted by atomic mass is 9.92. The number of carbonyl (C=O) groups excluding carboxylic acids is 1. The summed E-state index contributed by atoms with van der Waals surface area (Å²) in [5, 5.41) is 69.0. The van der Waals surface area contributed by atoms with Crippen LogP contribution in [-0.2, 0) is 9.47 Å². The Balaban J connectivity index is 1.74. The van der Waals surface area contributed by atoms with Crippen molar-refractivity contribution in [2.45, 2.75) is 36.8 Å². The van der Waals surface area contributed by atoms with Gasteiger partial charge in [-0.3, -0.25) is 4.79 Å². The number of ketones is 1. The third-order valence-electron chi connectivity index (χ3n) is 5.16. The summed E-state index contributed by atoms with van der Waals surface area (Å²) in [6.45, 7) is -0.370. The minimum Gasteiger partial charge on any atom is -0.508 e. The average molecular weight is 436 g/mol. The molecule has 11 heteroatoms. The molecule has 6 atom stereocenters. The van der Waals surface area contributed by atoms with E-state index in [1.165, 1.54) is 6.07 Å². The number of ether oxygens (including phenoxy) is 3. The summed E-state index contributed by atoms with van der Waals surface area (Å²) < 4.78 is 16.6. The van der Waals surface area contributed by atoms with Gasteiger partial charge in [0, 0.05) is 12.1 Å². The van der Waals surface area contributed by atoms with Gasteiger partial charge < -0.3 is 50.0 Å². The Bertz CT molecular complexity index is 1010. The van der Waals surface area contributed by atoms with Gasteiger partial charge in [0.1, 0.15) is 41.1 Å². The van der Waals surface area contributed by atoms with Gasteiger partial charge >= 0.3 is 0 Å². The van der Waals surface area contributed by atoms with E-state index < -0.39 is 59.8 Å². The molecule has 0 unspecified atom stereocenters. The summed E-state index contributed by atoms with van der Waals surface area (Å²) in [6.07, 6.45) is -8.95. The molecule has 2 aromatic rings. The van der Waals surface area contributed by atoms with Crippen molar-refractivity contribution in [2.75, 3.05) is 6.61 Å². The number of benzene rings is 2. The van der Waals surface area contributed by atoms with Crippen LogP contribution < -0.4 is 4.74 Å².